The van der Waals surface area contributed by atoms with Crippen LogP contribution in [0.5, 0.6) is 0 Å². The summed E-state index contributed by atoms with van der Waals surface area (Å²) in [7, 11) is 0. The van der Waals surface area contributed by atoms with Crippen molar-refractivity contribution in [2.24, 2.45) is 10.7 Å². The molecule has 0 aliphatic carbocycles. The van der Waals surface area contributed by atoms with E-state index >= 15 is 0 Å². The molecule has 2 aromatic rings. The molecule has 4 amide bonds. The second-order valence-corrected chi connectivity index (χ2v) is 8.22. The largest absolute Gasteiger partial charge is 0.368 e. The molecule has 1 aliphatic rings. The fourth-order valence-electron chi connectivity index (χ4n) is 3.84. The highest BCUT2D eigenvalue weighted by Gasteiger charge is 2.33. The molecule has 178 valence electrons. The number of benzene rings is 2. The van der Waals surface area contributed by atoms with Crippen LogP contribution in [0.4, 0.5) is 5.69 Å². The average molecular weight is 464 g/mol. The molecule has 0 saturated carbocycles. The molecule has 0 saturated heterocycles. The molecule has 1 heterocycles. The fourth-order valence-corrected chi connectivity index (χ4v) is 3.84. The molecule has 2 aromatic carbocycles. The van der Waals surface area contributed by atoms with Crippen molar-refractivity contribution in [2.75, 3.05) is 11.4 Å². The standard InChI is InChI=1S/C25H29N5O4/c1-16(27-2)24(33)29-19-13-12-18-10-6-7-11-21(18)30(25(19)34)15-22(31)28-20(23(26)32)14-17-8-4-3-5-9-17/h3-11,16,19-20H,2,12-15H2,1H3,(H2,26,32)(H,28,31)(H,29,33)/t16-,19?,20-/m0/s1. The van der Waals surface area contributed by atoms with E-state index in [1.54, 1.807) is 19.1 Å². The normalized spacial score (nSPS) is 17.0. The van der Waals surface area contributed by atoms with E-state index in [0.717, 1.165) is 11.1 Å². The van der Waals surface area contributed by atoms with Crippen LogP contribution in [0, 0.1) is 0 Å². The number of amides is 4. The summed E-state index contributed by atoms with van der Waals surface area (Å²) in [5.74, 6) is -2.03. The Bertz CT molecular complexity index is 1070. The number of para-hydroxylation sites is 1. The fraction of sp³-hybridized carbons (Fsp3) is 0.320. The Balaban J connectivity index is 1.79. The van der Waals surface area contributed by atoms with Crippen LogP contribution in [-0.2, 0) is 32.0 Å². The number of carbonyl (C=O) groups excluding carboxylic acids is 4. The van der Waals surface area contributed by atoms with E-state index in [1.165, 1.54) is 4.90 Å². The Morgan fingerprint density at radius 1 is 1.15 bits per heavy atom. The van der Waals surface area contributed by atoms with E-state index in [2.05, 4.69) is 22.3 Å². The average Bonchev–Trinajstić information content (AvgIpc) is 2.96. The summed E-state index contributed by atoms with van der Waals surface area (Å²) in [6, 6.07) is 14.0. The number of aliphatic imine (C=N–C) groups is 1. The summed E-state index contributed by atoms with van der Waals surface area (Å²) in [5, 5.41) is 5.37. The second-order valence-electron chi connectivity index (χ2n) is 8.22. The first-order valence-electron chi connectivity index (χ1n) is 11.1. The van der Waals surface area contributed by atoms with E-state index < -0.39 is 41.8 Å². The molecule has 0 bridgehead atoms. The van der Waals surface area contributed by atoms with Crippen LogP contribution < -0.4 is 21.3 Å². The second kappa shape index (κ2) is 11.2. The van der Waals surface area contributed by atoms with E-state index in [0.29, 0.717) is 18.5 Å². The maximum absolute atomic E-state index is 13.4. The van der Waals surface area contributed by atoms with Gasteiger partial charge in [0, 0.05) is 12.1 Å². The minimum Gasteiger partial charge on any atom is -0.368 e. The van der Waals surface area contributed by atoms with Gasteiger partial charge < -0.3 is 21.3 Å². The van der Waals surface area contributed by atoms with Crippen molar-refractivity contribution in [3.8, 4) is 0 Å². The lowest BCUT2D eigenvalue weighted by Gasteiger charge is -2.27. The third-order valence-corrected chi connectivity index (χ3v) is 5.78. The van der Waals surface area contributed by atoms with Crippen molar-refractivity contribution in [1.29, 1.82) is 0 Å². The van der Waals surface area contributed by atoms with Gasteiger partial charge in [-0.1, -0.05) is 48.5 Å². The van der Waals surface area contributed by atoms with Gasteiger partial charge in [0.1, 0.15) is 24.7 Å². The number of aryl methyl sites for hydroxylation is 1. The molecule has 0 radical (unpaired) electrons. The van der Waals surface area contributed by atoms with Crippen molar-refractivity contribution in [3.05, 3.63) is 65.7 Å². The van der Waals surface area contributed by atoms with Gasteiger partial charge in [0.15, 0.2) is 0 Å². The maximum atomic E-state index is 13.4. The predicted molar refractivity (Wildman–Crippen MR) is 129 cm³/mol. The predicted octanol–water partition coefficient (Wildman–Crippen LogP) is 0.752. The van der Waals surface area contributed by atoms with Crippen molar-refractivity contribution < 1.29 is 19.2 Å². The first kappa shape index (κ1) is 24.6. The van der Waals surface area contributed by atoms with Gasteiger partial charge in [-0.2, -0.15) is 0 Å². The van der Waals surface area contributed by atoms with Crippen molar-refractivity contribution >= 4 is 36.0 Å². The van der Waals surface area contributed by atoms with E-state index in [4.69, 9.17) is 5.73 Å². The molecule has 9 heteroatoms. The number of primary amides is 1. The molecule has 34 heavy (non-hydrogen) atoms. The number of nitrogens with two attached hydrogens (primary N) is 1. The van der Waals surface area contributed by atoms with Gasteiger partial charge in [0.05, 0.1) is 0 Å². The third-order valence-electron chi connectivity index (χ3n) is 5.78. The molecule has 9 nitrogen and oxygen atoms in total. The van der Waals surface area contributed by atoms with E-state index in [1.807, 2.05) is 42.5 Å². The number of rotatable bonds is 9. The van der Waals surface area contributed by atoms with Gasteiger partial charge in [-0.15, -0.1) is 0 Å². The van der Waals surface area contributed by atoms with Crippen LogP contribution in [0.3, 0.4) is 0 Å². The minimum absolute atomic E-state index is 0.234. The van der Waals surface area contributed by atoms with Gasteiger partial charge in [-0.3, -0.25) is 24.2 Å². The summed E-state index contributed by atoms with van der Waals surface area (Å²) in [5.41, 5.74) is 7.83. The van der Waals surface area contributed by atoms with Crippen molar-refractivity contribution in [2.45, 2.75) is 44.3 Å². The number of anilines is 1. The quantitative estimate of drug-likeness (QED) is 0.473. The number of nitrogens with one attached hydrogen (secondary N) is 2. The smallest absolute Gasteiger partial charge is 0.250 e. The van der Waals surface area contributed by atoms with Gasteiger partial charge in [0.2, 0.25) is 23.6 Å². The number of nitrogens with zero attached hydrogens (tertiary/aromatic N) is 2. The Morgan fingerprint density at radius 2 is 1.82 bits per heavy atom. The zero-order valence-corrected chi connectivity index (χ0v) is 19.1. The lowest BCUT2D eigenvalue weighted by Crippen LogP contribution is -2.54. The van der Waals surface area contributed by atoms with Crippen LogP contribution in [0.2, 0.25) is 0 Å². The van der Waals surface area contributed by atoms with Crippen LogP contribution in [0.15, 0.2) is 59.6 Å². The van der Waals surface area contributed by atoms with Gasteiger partial charge >= 0.3 is 0 Å². The highest BCUT2D eigenvalue weighted by Crippen LogP contribution is 2.27. The monoisotopic (exact) mass is 463 g/mol. The summed E-state index contributed by atoms with van der Waals surface area (Å²) in [6.45, 7) is 4.63. The molecule has 3 rings (SSSR count). The topological polar surface area (TPSA) is 134 Å². The van der Waals surface area contributed by atoms with Gasteiger partial charge in [-0.25, -0.2) is 0 Å². The van der Waals surface area contributed by atoms with E-state index in [-0.39, 0.29) is 13.0 Å². The first-order chi connectivity index (χ1) is 16.3. The number of hydrogen-bond acceptors (Lipinski definition) is 5. The van der Waals surface area contributed by atoms with Crippen molar-refractivity contribution in [3.63, 3.8) is 0 Å². The number of hydrogen-bond donors (Lipinski definition) is 3. The lowest BCUT2D eigenvalue weighted by atomic mass is 10.1. The summed E-state index contributed by atoms with van der Waals surface area (Å²) in [6.07, 6.45) is 1.15. The maximum Gasteiger partial charge on any atom is 0.250 e. The minimum atomic E-state index is -0.928. The Hall–Kier alpha value is -4.01. The molecular weight excluding hydrogens is 434 g/mol. The summed E-state index contributed by atoms with van der Waals surface area (Å²) >= 11 is 0. The van der Waals surface area contributed by atoms with E-state index in [9.17, 15) is 19.2 Å². The summed E-state index contributed by atoms with van der Waals surface area (Å²) in [4.78, 5) is 55.7. The Labute approximate surface area is 198 Å². The SMILES string of the molecule is C=N[C@@H](C)C(=O)NC1CCc2ccccc2N(CC(=O)N[C@@H](Cc2ccccc2)C(N)=O)C1=O. The zero-order valence-electron chi connectivity index (χ0n) is 19.1. The number of fused-ring (bicyclic) bond motifs is 1. The Kier molecular flexibility index (Phi) is 8.13. The molecule has 1 aliphatic heterocycles. The number of carbonyl (C=O) groups is 4. The molecule has 1 unspecified atom stereocenters. The highest BCUT2D eigenvalue weighted by molar-refractivity contribution is 6.04. The van der Waals surface area contributed by atoms with Gasteiger partial charge in [0.25, 0.3) is 0 Å². The molecule has 4 N–H and O–H groups in total. The van der Waals surface area contributed by atoms with Crippen molar-refractivity contribution in [1.82, 2.24) is 10.6 Å². The molecule has 3 atom stereocenters. The van der Waals surface area contributed by atoms with Gasteiger partial charge in [-0.05, 0) is 43.7 Å². The zero-order chi connectivity index (χ0) is 24.7. The molecular formula is C25H29N5O4. The lowest BCUT2D eigenvalue weighted by molar-refractivity contribution is -0.129. The third kappa shape index (κ3) is 6.06. The molecule has 0 aromatic heterocycles. The highest BCUT2D eigenvalue weighted by atomic mass is 16.2. The molecule has 0 fully saturated rings. The molecule has 0 spiro atoms. The first-order valence-corrected chi connectivity index (χ1v) is 11.1. The van der Waals surface area contributed by atoms with Crippen LogP contribution in [0.1, 0.15) is 24.5 Å². The summed E-state index contributed by atoms with van der Waals surface area (Å²) < 4.78 is 0. The van der Waals surface area contributed by atoms with Crippen LogP contribution in [0.25, 0.3) is 0 Å². The van der Waals surface area contributed by atoms with Crippen LogP contribution >= 0.6 is 0 Å². The van der Waals surface area contributed by atoms with Crippen LogP contribution in [-0.4, -0.2) is 55.0 Å². The Morgan fingerprint density at radius 3 is 2.50 bits per heavy atom.